The van der Waals surface area contributed by atoms with Crippen molar-refractivity contribution in [1.82, 2.24) is 15.6 Å². The summed E-state index contributed by atoms with van der Waals surface area (Å²) in [6.07, 6.45) is 1.68. The SMILES string of the molecule is Cc1cccnc1C(=O)NCC1CNCCO1. The van der Waals surface area contributed by atoms with E-state index in [-0.39, 0.29) is 12.0 Å². The average Bonchev–Trinajstić information content (AvgIpc) is 2.38. The number of carbonyl (C=O) groups is 1. The highest BCUT2D eigenvalue weighted by Crippen LogP contribution is 2.03. The topological polar surface area (TPSA) is 63.2 Å². The molecule has 0 saturated carbocycles. The van der Waals surface area contributed by atoms with E-state index in [1.165, 1.54) is 0 Å². The molecule has 5 heteroatoms. The van der Waals surface area contributed by atoms with Crippen molar-refractivity contribution in [2.45, 2.75) is 13.0 Å². The second-order valence-corrected chi connectivity index (χ2v) is 4.08. The molecule has 0 aliphatic carbocycles. The first-order valence-electron chi connectivity index (χ1n) is 5.79. The van der Waals surface area contributed by atoms with Crippen LogP contribution in [-0.2, 0) is 4.74 Å². The number of rotatable bonds is 3. The van der Waals surface area contributed by atoms with Gasteiger partial charge in [0, 0.05) is 25.8 Å². The Morgan fingerprint density at radius 2 is 2.59 bits per heavy atom. The van der Waals surface area contributed by atoms with Gasteiger partial charge >= 0.3 is 0 Å². The summed E-state index contributed by atoms with van der Waals surface area (Å²) in [5, 5.41) is 6.06. The Hall–Kier alpha value is -1.46. The fraction of sp³-hybridized carbons (Fsp3) is 0.500. The van der Waals surface area contributed by atoms with E-state index in [1.54, 1.807) is 6.20 Å². The lowest BCUT2D eigenvalue weighted by atomic mass is 10.2. The molecule has 1 amide bonds. The van der Waals surface area contributed by atoms with Crippen molar-refractivity contribution in [2.24, 2.45) is 0 Å². The van der Waals surface area contributed by atoms with Crippen molar-refractivity contribution < 1.29 is 9.53 Å². The first kappa shape index (κ1) is 12.0. The van der Waals surface area contributed by atoms with Crippen LogP contribution in [0.4, 0.5) is 0 Å². The van der Waals surface area contributed by atoms with Crippen LogP contribution in [0, 0.1) is 6.92 Å². The number of amides is 1. The van der Waals surface area contributed by atoms with Gasteiger partial charge in [0.25, 0.3) is 5.91 Å². The Morgan fingerprint density at radius 1 is 1.71 bits per heavy atom. The zero-order valence-electron chi connectivity index (χ0n) is 9.90. The first-order chi connectivity index (χ1) is 8.27. The number of ether oxygens (including phenoxy) is 1. The van der Waals surface area contributed by atoms with Crippen molar-refractivity contribution in [3.8, 4) is 0 Å². The first-order valence-corrected chi connectivity index (χ1v) is 5.79. The van der Waals surface area contributed by atoms with Gasteiger partial charge < -0.3 is 15.4 Å². The van der Waals surface area contributed by atoms with Gasteiger partial charge in [0.05, 0.1) is 12.7 Å². The van der Waals surface area contributed by atoms with E-state index < -0.39 is 0 Å². The monoisotopic (exact) mass is 235 g/mol. The molecule has 2 heterocycles. The number of hydrogen-bond acceptors (Lipinski definition) is 4. The molecule has 1 aromatic heterocycles. The molecule has 0 bridgehead atoms. The van der Waals surface area contributed by atoms with Gasteiger partial charge in [-0.1, -0.05) is 6.07 Å². The maximum Gasteiger partial charge on any atom is 0.270 e. The second-order valence-electron chi connectivity index (χ2n) is 4.08. The number of nitrogens with one attached hydrogen (secondary N) is 2. The molecule has 1 aromatic rings. The van der Waals surface area contributed by atoms with Gasteiger partial charge in [-0.25, -0.2) is 0 Å². The zero-order chi connectivity index (χ0) is 12.1. The third-order valence-corrected chi connectivity index (χ3v) is 2.72. The van der Waals surface area contributed by atoms with Gasteiger partial charge in [0.2, 0.25) is 0 Å². The summed E-state index contributed by atoms with van der Waals surface area (Å²) in [6, 6.07) is 3.70. The van der Waals surface area contributed by atoms with Gasteiger partial charge in [-0.3, -0.25) is 9.78 Å². The molecule has 1 saturated heterocycles. The summed E-state index contributed by atoms with van der Waals surface area (Å²) in [7, 11) is 0. The summed E-state index contributed by atoms with van der Waals surface area (Å²) < 4.78 is 5.50. The minimum atomic E-state index is -0.141. The van der Waals surface area contributed by atoms with Crippen LogP contribution in [0.1, 0.15) is 16.1 Å². The molecule has 5 nitrogen and oxygen atoms in total. The largest absolute Gasteiger partial charge is 0.374 e. The fourth-order valence-corrected chi connectivity index (χ4v) is 1.76. The van der Waals surface area contributed by atoms with E-state index in [2.05, 4.69) is 15.6 Å². The number of carbonyl (C=O) groups excluding carboxylic acids is 1. The molecule has 17 heavy (non-hydrogen) atoms. The minimum absolute atomic E-state index is 0.0525. The summed E-state index contributed by atoms with van der Waals surface area (Å²) in [6.45, 7) is 4.75. The predicted molar refractivity (Wildman–Crippen MR) is 63.9 cm³/mol. The fourth-order valence-electron chi connectivity index (χ4n) is 1.76. The van der Waals surface area contributed by atoms with Crippen LogP contribution in [0.3, 0.4) is 0 Å². The van der Waals surface area contributed by atoms with Gasteiger partial charge in [-0.2, -0.15) is 0 Å². The van der Waals surface area contributed by atoms with E-state index in [1.807, 2.05) is 19.1 Å². The molecule has 2 N–H and O–H groups in total. The van der Waals surface area contributed by atoms with E-state index >= 15 is 0 Å². The zero-order valence-corrected chi connectivity index (χ0v) is 9.90. The highest BCUT2D eigenvalue weighted by molar-refractivity contribution is 5.93. The van der Waals surface area contributed by atoms with Crippen molar-refractivity contribution >= 4 is 5.91 Å². The van der Waals surface area contributed by atoms with Gasteiger partial charge in [0.15, 0.2) is 0 Å². The quantitative estimate of drug-likeness (QED) is 0.780. The number of aryl methyl sites for hydroxylation is 1. The van der Waals surface area contributed by atoms with E-state index in [9.17, 15) is 4.79 Å². The van der Waals surface area contributed by atoms with Gasteiger partial charge in [-0.15, -0.1) is 0 Å². The van der Waals surface area contributed by atoms with Gasteiger partial charge in [0.1, 0.15) is 5.69 Å². The summed E-state index contributed by atoms with van der Waals surface area (Å²) >= 11 is 0. The van der Waals surface area contributed by atoms with Crippen LogP contribution in [-0.4, -0.2) is 43.2 Å². The number of hydrogen-bond donors (Lipinski definition) is 2. The molecule has 0 spiro atoms. The predicted octanol–water partition coefficient (Wildman–Crippen LogP) is 0.108. The molecule has 92 valence electrons. The smallest absolute Gasteiger partial charge is 0.270 e. The number of aromatic nitrogens is 1. The van der Waals surface area contributed by atoms with Crippen LogP contribution in [0.5, 0.6) is 0 Å². The van der Waals surface area contributed by atoms with E-state index in [4.69, 9.17) is 4.74 Å². The lowest BCUT2D eigenvalue weighted by Crippen LogP contribution is -2.45. The van der Waals surface area contributed by atoms with E-state index in [0.29, 0.717) is 18.8 Å². The summed E-state index contributed by atoms with van der Waals surface area (Å²) in [5.41, 5.74) is 1.36. The van der Waals surface area contributed by atoms with Crippen molar-refractivity contribution in [2.75, 3.05) is 26.2 Å². The molecule has 1 aliphatic heterocycles. The Kier molecular flexibility index (Phi) is 4.06. The highest BCUT2D eigenvalue weighted by Gasteiger charge is 2.16. The Bertz CT molecular complexity index is 389. The molecule has 1 atom stereocenters. The Labute approximate surface area is 101 Å². The third kappa shape index (κ3) is 3.25. The molecule has 1 fully saturated rings. The highest BCUT2D eigenvalue weighted by atomic mass is 16.5. The second kappa shape index (κ2) is 5.75. The van der Waals surface area contributed by atoms with Crippen LogP contribution < -0.4 is 10.6 Å². The third-order valence-electron chi connectivity index (χ3n) is 2.72. The Morgan fingerprint density at radius 3 is 3.29 bits per heavy atom. The summed E-state index contributed by atoms with van der Waals surface area (Å²) in [4.78, 5) is 15.9. The molecule has 1 unspecified atom stereocenters. The molecular weight excluding hydrogens is 218 g/mol. The maximum atomic E-state index is 11.9. The number of nitrogens with zero attached hydrogens (tertiary/aromatic N) is 1. The van der Waals surface area contributed by atoms with Crippen molar-refractivity contribution in [3.05, 3.63) is 29.6 Å². The standard InChI is InChI=1S/C12H17N3O2/c1-9-3-2-4-14-11(9)12(16)15-8-10-7-13-5-6-17-10/h2-4,10,13H,5-8H2,1H3,(H,15,16). The van der Waals surface area contributed by atoms with Crippen molar-refractivity contribution in [1.29, 1.82) is 0 Å². The molecule has 1 aliphatic rings. The molecular formula is C12H17N3O2. The van der Waals surface area contributed by atoms with Crippen LogP contribution in [0.25, 0.3) is 0 Å². The normalized spacial score (nSPS) is 19.9. The van der Waals surface area contributed by atoms with E-state index in [0.717, 1.165) is 18.7 Å². The van der Waals surface area contributed by atoms with Crippen LogP contribution >= 0.6 is 0 Å². The van der Waals surface area contributed by atoms with Crippen molar-refractivity contribution in [3.63, 3.8) is 0 Å². The van der Waals surface area contributed by atoms with Crippen LogP contribution in [0.15, 0.2) is 18.3 Å². The lowest BCUT2D eigenvalue weighted by molar-refractivity contribution is 0.0286. The molecule has 0 aromatic carbocycles. The lowest BCUT2D eigenvalue weighted by Gasteiger charge is -2.23. The molecule has 2 rings (SSSR count). The number of morpholine rings is 1. The minimum Gasteiger partial charge on any atom is -0.374 e. The van der Waals surface area contributed by atoms with Crippen LogP contribution in [0.2, 0.25) is 0 Å². The summed E-state index contributed by atoms with van der Waals surface area (Å²) in [5.74, 6) is -0.141. The average molecular weight is 235 g/mol. The maximum absolute atomic E-state index is 11.9. The van der Waals surface area contributed by atoms with Gasteiger partial charge in [-0.05, 0) is 18.6 Å². The number of pyridine rings is 1. The Balaban J connectivity index is 1.87. The molecule has 0 radical (unpaired) electrons.